The van der Waals surface area contributed by atoms with Gasteiger partial charge in [-0.15, -0.1) is 5.10 Å². The summed E-state index contributed by atoms with van der Waals surface area (Å²) in [6, 6.07) is 15.5. The van der Waals surface area contributed by atoms with Crippen molar-refractivity contribution < 1.29 is 4.39 Å². The molecule has 6 rings (SSSR count). The van der Waals surface area contributed by atoms with Crippen molar-refractivity contribution in [1.29, 1.82) is 0 Å². The zero-order valence-electron chi connectivity index (χ0n) is 18.0. The van der Waals surface area contributed by atoms with Gasteiger partial charge >= 0.3 is 0 Å². The van der Waals surface area contributed by atoms with Crippen molar-refractivity contribution in [3.05, 3.63) is 77.0 Å². The highest BCUT2D eigenvalue weighted by Gasteiger charge is 2.33. The number of rotatable bonds is 4. The quantitative estimate of drug-likeness (QED) is 0.498. The van der Waals surface area contributed by atoms with Crippen LogP contribution in [0.3, 0.4) is 0 Å². The Kier molecular flexibility index (Phi) is 4.98. The predicted octanol–water partition coefficient (Wildman–Crippen LogP) is 4.95. The maximum Gasteiger partial charge on any atom is 0.173 e. The van der Waals surface area contributed by atoms with E-state index in [4.69, 9.17) is 0 Å². The molecule has 1 saturated carbocycles. The lowest BCUT2D eigenvalue weighted by Crippen LogP contribution is -2.36. The van der Waals surface area contributed by atoms with E-state index in [9.17, 15) is 4.39 Å². The maximum atomic E-state index is 13.8. The fourth-order valence-electron chi connectivity index (χ4n) is 5.57. The summed E-state index contributed by atoms with van der Waals surface area (Å²) in [5.74, 6) is 0.638. The first-order valence-corrected chi connectivity index (χ1v) is 11.6. The Morgan fingerprint density at radius 1 is 1.00 bits per heavy atom. The molecule has 0 spiro atoms. The molecule has 3 heterocycles. The van der Waals surface area contributed by atoms with Gasteiger partial charge in [-0.1, -0.05) is 49.6 Å². The lowest BCUT2D eigenvalue weighted by Gasteiger charge is -2.35. The first-order chi connectivity index (χ1) is 15.8. The molecule has 2 aromatic heterocycles. The van der Waals surface area contributed by atoms with E-state index in [0.717, 1.165) is 43.7 Å². The smallest absolute Gasteiger partial charge is 0.173 e. The van der Waals surface area contributed by atoms with E-state index >= 15 is 0 Å². The molecule has 1 aliphatic carbocycles. The largest absolute Gasteiger partial charge is 0.357 e. The van der Waals surface area contributed by atoms with Crippen LogP contribution in [-0.2, 0) is 13.0 Å². The molecule has 1 atom stereocenters. The average Bonchev–Trinajstić information content (AvgIpc) is 3.46. The molecule has 4 aromatic rings. The number of H-pyrrole nitrogens is 1. The Hall–Kier alpha value is -3.06. The van der Waals surface area contributed by atoms with Gasteiger partial charge in [0, 0.05) is 29.7 Å². The number of nitrogens with zero attached hydrogens (tertiary/aromatic N) is 5. The fraction of sp³-hybridized carbons (Fsp3) is 0.400. The Balaban J connectivity index is 1.40. The SMILES string of the molecule is Fc1ccc(C(c2nnnn2C2CCCCC2)N2CCc3c([nH]c4ccccc34)C2)cc1. The zero-order valence-corrected chi connectivity index (χ0v) is 18.0. The third-order valence-electron chi connectivity index (χ3n) is 7.15. The standard InChI is InChI=1S/C25H27FN6/c26-18-12-10-17(11-13-18)24(25-28-29-30-32(25)19-6-2-1-3-7-19)31-15-14-21-20-8-4-5-9-22(20)27-23(21)16-31/h4-5,8-13,19,24,27H,1-3,6-7,14-16H2. The van der Waals surface area contributed by atoms with Crippen molar-refractivity contribution in [2.75, 3.05) is 6.54 Å². The number of aromatic nitrogens is 5. The third-order valence-corrected chi connectivity index (χ3v) is 7.15. The van der Waals surface area contributed by atoms with Crippen LogP contribution >= 0.6 is 0 Å². The van der Waals surface area contributed by atoms with Crippen molar-refractivity contribution >= 4 is 10.9 Å². The lowest BCUT2D eigenvalue weighted by atomic mass is 9.94. The van der Waals surface area contributed by atoms with Crippen LogP contribution in [0, 0.1) is 5.82 Å². The molecular weight excluding hydrogens is 403 g/mol. The van der Waals surface area contributed by atoms with Crippen molar-refractivity contribution in [2.45, 2.75) is 57.2 Å². The summed E-state index contributed by atoms with van der Waals surface area (Å²) in [7, 11) is 0. The molecule has 32 heavy (non-hydrogen) atoms. The van der Waals surface area contributed by atoms with Gasteiger partial charge < -0.3 is 4.98 Å². The summed E-state index contributed by atoms with van der Waals surface area (Å²) >= 11 is 0. The van der Waals surface area contributed by atoms with E-state index in [0.29, 0.717) is 6.04 Å². The van der Waals surface area contributed by atoms with E-state index in [2.05, 4.69) is 49.7 Å². The fourth-order valence-corrected chi connectivity index (χ4v) is 5.57. The molecule has 1 fully saturated rings. The van der Waals surface area contributed by atoms with Crippen LogP contribution in [-0.4, -0.2) is 36.6 Å². The van der Waals surface area contributed by atoms with Crippen molar-refractivity contribution in [2.24, 2.45) is 0 Å². The van der Waals surface area contributed by atoms with Gasteiger partial charge in [-0.3, -0.25) is 4.90 Å². The Bertz CT molecular complexity index is 1220. The van der Waals surface area contributed by atoms with Gasteiger partial charge in [0.15, 0.2) is 5.82 Å². The van der Waals surface area contributed by atoms with Crippen LogP contribution in [0.1, 0.15) is 66.8 Å². The normalized spacial score (nSPS) is 18.7. The Morgan fingerprint density at radius 3 is 2.66 bits per heavy atom. The second kappa shape index (κ2) is 8.13. The molecule has 164 valence electrons. The summed E-state index contributed by atoms with van der Waals surface area (Å²) in [5.41, 5.74) is 4.87. The first-order valence-electron chi connectivity index (χ1n) is 11.6. The average molecular weight is 431 g/mol. The molecule has 1 unspecified atom stereocenters. The van der Waals surface area contributed by atoms with Crippen LogP contribution in [0.4, 0.5) is 4.39 Å². The van der Waals surface area contributed by atoms with Crippen LogP contribution in [0.25, 0.3) is 10.9 Å². The lowest BCUT2D eigenvalue weighted by molar-refractivity contribution is 0.186. The molecular formula is C25H27FN6. The minimum atomic E-state index is -0.226. The summed E-state index contributed by atoms with van der Waals surface area (Å²) in [5, 5.41) is 14.3. The molecule has 7 heteroatoms. The molecule has 1 aliphatic heterocycles. The Morgan fingerprint density at radius 2 is 1.81 bits per heavy atom. The number of fused-ring (bicyclic) bond motifs is 3. The van der Waals surface area contributed by atoms with E-state index in [1.807, 2.05) is 16.8 Å². The minimum absolute atomic E-state index is 0.118. The number of tetrazole rings is 1. The molecule has 0 saturated heterocycles. The Labute approximate surface area is 186 Å². The van der Waals surface area contributed by atoms with E-state index in [1.165, 1.54) is 53.6 Å². The minimum Gasteiger partial charge on any atom is -0.357 e. The molecule has 2 aliphatic rings. The molecule has 2 aromatic carbocycles. The van der Waals surface area contributed by atoms with Crippen LogP contribution in [0.2, 0.25) is 0 Å². The molecule has 1 N–H and O–H groups in total. The van der Waals surface area contributed by atoms with Gasteiger partial charge in [-0.2, -0.15) is 0 Å². The topological polar surface area (TPSA) is 62.6 Å². The van der Waals surface area contributed by atoms with E-state index in [-0.39, 0.29) is 11.9 Å². The number of nitrogens with one attached hydrogen (secondary N) is 1. The van der Waals surface area contributed by atoms with E-state index < -0.39 is 0 Å². The summed E-state index contributed by atoms with van der Waals surface area (Å²) < 4.78 is 15.8. The summed E-state index contributed by atoms with van der Waals surface area (Å²) in [6.45, 7) is 1.68. The molecule has 0 amide bonds. The van der Waals surface area contributed by atoms with Gasteiger partial charge in [0.05, 0.1) is 12.1 Å². The second-order valence-corrected chi connectivity index (χ2v) is 9.08. The van der Waals surface area contributed by atoms with Gasteiger partial charge in [-0.25, -0.2) is 9.07 Å². The highest BCUT2D eigenvalue weighted by atomic mass is 19.1. The zero-order chi connectivity index (χ0) is 21.5. The summed E-state index contributed by atoms with van der Waals surface area (Å²) in [6.07, 6.45) is 6.90. The number of benzene rings is 2. The number of halogens is 1. The second-order valence-electron chi connectivity index (χ2n) is 9.08. The summed E-state index contributed by atoms with van der Waals surface area (Å²) in [4.78, 5) is 6.05. The van der Waals surface area contributed by atoms with Gasteiger partial charge in [0.25, 0.3) is 0 Å². The maximum absolute atomic E-state index is 13.8. The number of para-hydroxylation sites is 1. The number of hydrogen-bond acceptors (Lipinski definition) is 4. The van der Waals surface area contributed by atoms with Gasteiger partial charge in [0.2, 0.25) is 0 Å². The van der Waals surface area contributed by atoms with Crippen molar-refractivity contribution in [3.63, 3.8) is 0 Å². The highest BCUT2D eigenvalue weighted by Crippen LogP contribution is 2.37. The highest BCUT2D eigenvalue weighted by molar-refractivity contribution is 5.84. The van der Waals surface area contributed by atoms with Crippen LogP contribution < -0.4 is 0 Å². The molecule has 6 nitrogen and oxygen atoms in total. The van der Waals surface area contributed by atoms with E-state index in [1.54, 1.807) is 0 Å². The number of hydrogen-bond donors (Lipinski definition) is 1. The first kappa shape index (κ1) is 19.6. The monoisotopic (exact) mass is 430 g/mol. The van der Waals surface area contributed by atoms with Crippen molar-refractivity contribution in [3.8, 4) is 0 Å². The third kappa shape index (κ3) is 3.41. The number of aromatic amines is 1. The van der Waals surface area contributed by atoms with Crippen LogP contribution in [0.5, 0.6) is 0 Å². The molecule has 0 bridgehead atoms. The predicted molar refractivity (Wildman–Crippen MR) is 121 cm³/mol. The van der Waals surface area contributed by atoms with Gasteiger partial charge in [0.1, 0.15) is 5.82 Å². The van der Waals surface area contributed by atoms with Gasteiger partial charge in [-0.05, 0) is 59.0 Å². The van der Waals surface area contributed by atoms with Crippen LogP contribution in [0.15, 0.2) is 48.5 Å². The molecule has 0 radical (unpaired) electrons. The van der Waals surface area contributed by atoms with Crippen molar-refractivity contribution in [1.82, 2.24) is 30.1 Å².